The molecule has 0 aliphatic heterocycles. The highest BCUT2D eigenvalue weighted by Crippen LogP contribution is 2.12. The first-order valence-electron chi connectivity index (χ1n) is 6.03. The van der Waals surface area contributed by atoms with E-state index in [2.05, 4.69) is 18.9 Å². The predicted molar refractivity (Wildman–Crippen MR) is 66.6 cm³/mol. The molecule has 0 bridgehead atoms. The van der Waals surface area contributed by atoms with Gasteiger partial charge in [0.25, 0.3) is 0 Å². The maximum atomic E-state index is 11.2. The minimum Gasteiger partial charge on any atom is -0.431 e. The molecule has 1 atom stereocenters. The van der Waals surface area contributed by atoms with Gasteiger partial charge in [0.2, 0.25) is 6.79 Å². The molecule has 8 nitrogen and oxygen atoms in total. The molecule has 20 heavy (non-hydrogen) atoms. The largest absolute Gasteiger partial charge is 0.512 e. The molecule has 1 unspecified atom stereocenters. The molecule has 0 heterocycles. The van der Waals surface area contributed by atoms with Crippen molar-refractivity contribution in [3.63, 3.8) is 0 Å². The highest BCUT2D eigenvalue weighted by atomic mass is 16.9. The minimum atomic E-state index is -2.28. The number of aliphatic hydroxyl groups is 1. The van der Waals surface area contributed by atoms with E-state index in [0.29, 0.717) is 0 Å². The Kier molecular flexibility index (Phi) is 6.74. The lowest BCUT2D eigenvalue weighted by molar-refractivity contribution is -0.346. The molecule has 0 aromatic rings. The predicted octanol–water partition coefficient (Wildman–Crippen LogP) is 2.14. The number of carbonyl (C=O) groups excluding carboxylic acids is 2. The van der Waals surface area contributed by atoms with Gasteiger partial charge in [-0.25, -0.2) is 9.59 Å². The Bertz CT molecular complexity index is 329. The van der Waals surface area contributed by atoms with Crippen molar-refractivity contribution in [2.75, 3.05) is 6.79 Å². The van der Waals surface area contributed by atoms with Crippen molar-refractivity contribution in [2.24, 2.45) is 0 Å². The fourth-order valence-corrected chi connectivity index (χ4v) is 0.867. The van der Waals surface area contributed by atoms with Gasteiger partial charge in [-0.15, -0.1) is 0 Å². The van der Waals surface area contributed by atoms with Gasteiger partial charge in [-0.05, 0) is 34.6 Å². The Hall–Kier alpha value is -1.54. The third-order valence-corrected chi connectivity index (χ3v) is 1.50. The van der Waals surface area contributed by atoms with Crippen LogP contribution in [0.5, 0.6) is 0 Å². The summed E-state index contributed by atoms with van der Waals surface area (Å²) >= 11 is 0. The SMILES string of the molecule is CC(C)OC(=O)OC(C)(O)OCOC(=O)OC(C)(C)C. The van der Waals surface area contributed by atoms with E-state index in [1.165, 1.54) is 0 Å². The Morgan fingerprint density at radius 3 is 2.05 bits per heavy atom. The van der Waals surface area contributed by atoms with Crippen molar-refractivity contribution in [1.82, 2.24) is 0 Å². The molecule has 0 aromatic carbocycles. The molecule has 0 amide bonds. The summed E-state index contributed by atoms with van der Waals surface area (Å²) in [6, 6.07) is 0. The van der Waals surface area contributed by atoms with Crippen LogP contribution in [-0.2, 0) is 23.7 Å². The molecule has 0 aliphatic rings. The molecule has 0 fully saturated rings. The second-order valence-electron chi connectivity index (χ2n) is 5.29. The third kappa shape index (κ3) is 10.4. The van der Waals surface area contributed by atoms with Crippen LogP contribution in [0.15, 0.2) is 0 Å². The van der Waals surface area contributed by atoms with Gasteiger partial charge < -0.3 is 24.1 Å². The fraction of sp³-hybridized carbons (Fsp3) is 0.833. The monoisotopic (exact) mass is 294 g/mol. The van der Waals surface area contributed by atoms with E-state index >= 15 is 0 Å². The zero-order chi connectivity index (χ0) is 16.0. The second kappa shape index (κ2) is 7.30. The number of hydrogen-bond donors (Lipinski definition) is 1. The average Bonchev–Trinajstić information content (AvgIpc) is 2.10. The van der Waals surface area contributed by atoms with Gasteiger partial charge in [0.15, 0.2) is 0 Å². The number of carbonyl (C=O) groups is 2. The highest BCUT2D eigenvalue weighted by Gasteiger charge is 2.29. The smallest absolute Gasteiger partial charge is 0.431 e. The number of hydrogen-bond acceptors (Lipinski definition) is 8. The zero-order valence-corrected chi connectivity index (χ0v) is 12.6. The average molecular weight is 294 g/mol. The van der Waals surface area contributed by atoms with Crippen LogP contribution in [0.3, 0.4) is 0 Å². The van der Waals surface area contributed by atoms with Crippen LogP contribution in [0.4, 0.5) is 9.59 Å². The van der Waals surface area contributed by atoms with Gasteiger partial charge in [-0.1, -0.05) is 0 Å². The number of rotatable bonds is 5. The molecular formula is C12H22O8. The van der Waals surface area contributed by atoms with Gasteiger partial charge in [-0.3, -0.25) is 4.74 Å². The van der Waals surface area contributed by atoms with Crippen LogP contribution in [0.25, 0.3) is 0 Å². The fourth-order valence-electron chi connectivity index (χ4n) is 0.867. The van der Waals surface area contributed by atoms with Crippen molar-refractivity contribution in [2.45, 2.75) is 59.2 Å². The normalized spacial score (nSPS) is 14.4. The van der Waals surface area contributed by atoms with Crippen molar-refractivity contribution >= 4 is 12.3 Å². The topological polar surface area (TPSA) is 101 Å². The molecule has 0 radical (unpaired) electrons. The van der Waals surface area contributed by atoms with E-state index in [0.717, 1.165) is 6.92 Å². The maximum absolute atomic E-state index is 11.2. The summed E-state index contributed by atoms with van der Waals surface area (Å²) in [5.41, 5.74) is -0.711. The van der Waals surface area contributed by atoms with E-state index < -0.39 is 36.8 Å². The van der Waals surface area contributed by atoms with Gasteiger partial charge in [0.05, 0.1) is 6.10 Å². The van der Waals surface area contributed by atoms with Crippen molar-refractivity contribution in [1.29, 1.82) is 0 Å². The van der Waals surface area contributed by atoms with Gasteiger partial charge in [0, 0.05) is 6.92 Å². The summed E-state index contributed by atoms with van der Waals surface area (Å²) in [6.45, 7) is 8.61. The first-order valence-corrected chi connectivity index (χ1v) is 6.03. The highest BCUT2D eigenvalue weighted by molar-refractivity contribution is 5.60. The Morgan fingerprint density at radius 1 is 1.05 bits per heavy atom. The molecule has 0 saturated carbocycles. The summed E-state index contributed by atoms with van der Waals surface area (Å²) in [5.74, 6) is -2.28. The minimum absolute atomic E-state index is 0.406. The summed E-state index contributed by atoms with van der Waals surface area (Å²) in [6.07, 6.45) is -2.49. The van der Waals surface area contributed by atoms with Gasteiger partial charge >= 0.3 is 18.3 Å². The second-order valence-corrected chi connectivity index (χ2v) is 5.29. The zero-order valence-electron chi connectivity index (χ0n) is 12.6. The lowest BCUT2D eigenvalue weighted by Gasteiger charge is -2.23. The third-order valence-electron chi connectivity index (χ3n) is 1.50. The van der Waals surface area contributed by atoms with Crippen LogP contribution in [0, 0.1) is 0 Å². The molecule has 0 spiro atoms. The van der Waals surface area contributed by atoms with Gasteiger partial charge in [0.1, 0.15) is 5.60 Å². The van der Waals surface area contributed by atoms with E-state index in [1.54, 1.807) is 34.6 Å². The van der Waals surface area contributed by atoms with E-state index in [1.807, 2.05) is 0 Å². The molecule has 1 N–H and O–H groups in total. The molecular weight excluding hydrogens is 272 g/mol. The maximum Gasteiger partial charge on any atom is 0.512 e. The standard InChI is InChI=1S/C12H22O8/c1-8(2)18-10(14)20-12(6,15)17-7-16-9(13)19-11(3,4)5/h8,15H,7H2,1-6H3. The van der Waals surface area contributed by atoms with Crippen molar-refractivity contribution < 1.29 is 38.4 Å². The summed E-state index contributed by atoms with van der Waals surface area (Å²) in [4.78, 5) is 22.3. The van der Waals surface area contributed by atoms with Gasteiger partial charge in [-0.2, -0.15) is 0 Å². The Labute approximate surface area is 117 Å². The van der Waals surface area contributed by atoms with Crippen LogP contribution < -0.4 is 0 Å². The molecule has 118 valence electrons. The van der Waals surface area contributed by atoms with Crippen LogP contribution >= 0.6 is 0 Å². The number of ether oxygens (including phenoxy) is 5. The molecule has 0 rings (SSSR count). The molecule has 0 aliphatic carbocycles. The van der Waals surface area contributed by atoms with E-state index in [4.69, 9.17) is 4.74 Å². The van der Waals surface area contributed by atoms with Crippen LogP contribution in [0.1, 0.15) is 41.5 Å². The van der Waals surface area contributed by atoms with Crippen molar-refractivity contribution in [3.8, 4) is 0 Å². The van der Waals surface area contributed by atoms with E-state index in [-0.39, 0.29) is 0 Å². The molecule has 0 saturated heterocycles. The molecule has 0 aromatic heterocycles. The van der Waals surface area contributed by atoms with Crippen molar-refractivity contribution in [3.05, 3.63) is 0 Å². The first-order chi connectivity index (χ1) is 8.91. The Balaban J connectivity index is 4.04. The first kappa shape index (κ1) is 18.5. The van der Waals surface area contributed by atoms with Crippen LogP contribution in [-0.4, -0.2) is 41.9 Å². The Morgan fingerprint density at radius 2 is 1.60 bits per heavy atom. The summed E-state index contributed by atoms with van der Waals surface area (Å²) in [7, 11) is 0. The van der Waals surface area contributed by atoms with Crippen LogP contribution in [0.2, 0.25) is 0 Å². The summed E-state index contributed by atoms with van der Waals surface area (Å²) < 4.78 is 23.2. The lowest BCUT2D eigenvalue weighted by atomic mass is 10.2. The lowest BCUT2D eigenvalue weighted by Crippen LogP contribution is -2.37. The van der Waals surface area contributed by atoms with E-state index in [9.17, 15) is 14.7 Å². The quantitative estimate of drug-likeness (QED) is 0.608. The molecule has 8 heteroatoms. The summed E-state index contributed by atoms with van der Waals surface area (Å²) in [5, 5.41) is 9.57.